The summed E-state index contributed by atoms with van der Waals surface area (Å²) in [7, 11) is 0. The van der Waals surface area contributed by atoms with Crippen molar-refractivity contribution in [3.63, 3.8) is 0 Å². The molecule has 6 rings (SSSR count). The minimum Gasteiger partial charge on any atom is -0.339 e. The van der Waals surface area contributed by atoms with E-state index < -0.39 is 0 Å². The molecule has 2 amide bonds. The summed E-state index contributed by atoms with van der Waals surface area (Å²) in [5.74, 6) is 2.78. The van der Waals surface area contributed by atoms with E-state index >= 15 is 0 Å². The Labute approximate surface area is 165 Å². The van der Waals surface area contributed by atoms with E-state index in [-0.39, 0.29) is 11.3 Å². The second-order valence-corrected chi connectivity index (χ2v) is 9.73. The first-order chi connectivity index (χ1) is 13.0. The van der Waals surface area contributed by atoms with Gasteiger partial charge in [0.15, 0.2) is 0 Å². The summed E-state index contributed by atoms with van der Waals surface area (Å²) in [6.07, 6.45) is 7.41. The van der Waals surface area contributed by atoms with Crippen molar-refractivity contribution in [2.75, 3.05) is 26.2 Å². The number of rotatable bonds is 2. The van der Waals surface area contributed by atoms with Gasteiger partial charge in [0.25, 0.3) is 5.91 Å². The van der Waals surface area contributed by atoms with E-state index in [9.17, 15) is 9.59 Å². The molecule has 5 heteroatoms. The largest absolute Gasteiger partial charge is 0.339 e. The molecular formula is C22H27ClN2O2. The first kappa shape index (κ1) is 17.5. The number of carbonyl (C=O) groups is 2. The van der Waals surface area contributed by atoms with Gasteiger partial charge in [-0.2, -0.15) is 0 Å². The number of hydrogen-bond acceptors (Lipinski definition) is 2. The van der Waals surface area contributed by atoms with Crippen molar-refractivity contribution in [1.29, 1.82) is 0 Å². The minimum atomic E-state index is -0.0723. The summed E-state index contributed by atoms with van der Waals surface area (Å²) in [5, 5.41) is 0.637. The predicted molar refractivity (Wildman–Crippen MR) is 105 cm³/mol. The van der Waals surface area contributed by atoms with Gasteiger partial charge in [-0.05, 0) is 80.5 Å². The third-order valence-corrected chi connectivity index (χ3v) is 7.69. The van der Waals surface area contributed by atoms with Crippen molar-refractivity contribution in [2.45, 2.75) is 38.5 Å². The lowest BCUT2D eigenvalue weighted by Gasteiger charge is -2.57. The lowest BCUT2D eigenvalue weighted by atomic mass is 9.49. The topological polar surface area (TPSA) is 40.6 Å². The third-order valence-electron chi connectivity index (χ3n) is 7.44. The second kappa shape index (κ2) is 6.51. The van der Waals surface area contributed by atoms with E-state index in [1.165, 1.54) is 19.3 Å². The van der Waals surface area contributed by atoms with E-state index in [1.54, 1.807) is 24.3 Å². The van der Waals surface area contributed by atoms with Crippen molar-refractivity contribution in [3.8, 4) is 0 Å². The van der Waals surface area contributed by atoms with E-state index in [4.69, 9.17) is 11.6 Å². The van der Waals surface area contributed by atoms with Crippen LogP contribution in [0.25, 0.3) is 0 Å². The van der Waals surface area contributed by atoms with Crippen LogP contribution in [-0.2, 0) is 4.79 Å². The zero-order chi connectivity index (χ0) is 18.6. The normalized spacial score (nSPS) is 34.8. The number of nitrogens with zero attached hydrogens (tertiary/aromatic N) is 2. The molecular weight excluding hydrogens is 360 g/mol. The van der Waals surface area contributed by atoms with E-state index in [0.29, 0.717) is 42.7 Å². The van der Waals surface area contributed by atoms with Crippen molar-refractivity contribution in [3.05, 3.63) is 34.9 Å². The van der Waals surface area contributed by atoms with Crippen LogP contribution in [-0.4, -0.2) is 47.8 Å². The average Bonchev–Trinajstić information content (AvgIpc) is 2.66. The van der Waals surface area contributed by atoms with E-state index in [0.717, 1.165) is 37.0 Å². The molecule has 1 saturated heterocycles. The molecule has 4 aliphatic carbocycles. The molecule has 27 heavy (non-hydrogen) atoms. The minimum absolute atomic E-state index is 0.0357. The van der Waals surface area contributed by atoms with Gasteiger partial charge in [0.1, 0.15) is 0 Å². The average molecular weight is 387 g/mol. The molecule has 1 aliphatic heterocycles. The van der Waals surface area contributed by atoms with Gasteiger partial charge in [-0.15, -0.1) is 0 Å². The van der Waals surface area contributed by atoms with Gasteiger partial charge in [0.05, 0.1) is 5.41 Å². The number of piperazine rings is 1. The number of benzene rings is 1. The summed E-state index contributed by atoms with van der Waals surface area (Å²) < 4.78 is 0. The Bertz CT molecular complexity index is 717. The summed E-state index contributed by atoms with van der Waals surface area (Å²) >= 11 is 5.92. The van der Waals surface area contributed by atoms with Crippen LogP contribution >= 0.6 is 11.6 Å². The first-order valence-electron chi connectivity index (χ1n) is 10.4. The Morgan fingerprint density at radius 3 is 1.81 bits per heavy atom. The molecule has 4 saturated carbocycles. The quantitative estimate of drug-likeness (QED) is 0.774. The van der Waals surface area contributed by atoms with Crippen molar-refractivity contribution in [1.82, 2.24) is 9.80 Å². The SMILES string of the molecule is O=C(c1ccc(Cl)cc1)N1CCN(C(=O)C23CC4CC(CC(C4)C2)C3)CC1. The summed E-state index contributed by atoms with van der Waals surface area (Å²) in [4.78, 5) is 30.1. The Kier molecular flexibility index (Phi) is 4.23. The number of amides is 2. The van der Waals surface area contributed by atoms with E-state index in [1.807, 2.05) is 4.90 Å². The fourth-order valence-electron chi connectivity index (χ4n) is 6.60. The zero-order valence-corrected chi connectivity index (χ0v) is 16.5. The van der Waals surface area contributed by atoms with Crippen LogP contribution in [0.5, 0.6) is 0 Å². The van der Waals surface area contributed by atoms with Gasteiger partial charge in [-0.1, -0.05) is 11.6 Å². The van der Waals surface area contributed by atoms with Gasteiger partial charge in [0.2, 0.25) is 5.91 Å². The molecule has 1 aromatic rings. The van der Waals surface area contributed by atoms with E-state index in [2.05, 4.69) is 4.90 Å². The Balaban J connectivity index is 1.24. The first-order valence-corrected chi connectivity index (χ1v) is 10.7. The highest BCUT2D eigenvalue weighted by Gasteiger charge is 2.55. The highest BCUT2D eigenvalue weighted by atomic mass is 35.5. The number of hydrogen-bond donors (Lipinski definition) is 0. The van der Waals surface area contributed by atoms with Crippen molar-refractivity contribution < 1.29 is 9.59 Å². The lowest BCUT2D eigenvalue weighted by Crippen LogP contribution is -2.58. The van der Waals surface area contributed by atoms with Crippen LogP contribution in [0.4, 0.5) is 0 Å². The van der Waals surface area contributed by atoms with Crippen LogP contribution in [0.3, 0.4) is 0 Å². The predicted octanol–water partition coefficient (Wildman–Crippen LogP) is 3.84. The molecule has 4 nitrogen and oxygen atoms in total. The van der Waals surface area contributed by atoms with Crippen LogP contribution < -0.4 is 0 Å². The van der Waals surface area contributed by atoms with Crippen LogP contribution in [0.1, 0.15) is 48.9 Å². The van der Waals surface area contributed by atoms with Crippen LogP contribution in [0.2, 0.25) is 5.02 Å². The monoisotopic (exact) mass is 386 g/mol. The number of halogens is 1. The highest BCUT2D eigenvalue weighted by molar-refractivity contribution is 6.30. The molecule has 0 aromatic heterocycles. The zero-order valence-electron chi connectivity index (χ0n) is 15.7. The van der Waals surface area contributed by atoms with Crippen molar-refractivity contribution >= 4 is 23.4 Å². The molecule has 1 aromatic carbocycles. The van der Waals surface area contributed by atoms with Crippen LogP contribution in [0, 0.1) is 23.2 Å². The molecule has 0 atom stereocenters. The van der Waals surface area contributed by atoms with Crippen molar-refractivity contribution in [2.24, 2.45) is 23.2 Å². The Morgan fingerprint density at radius 1 is 0.815 bits per heavy atom. The summed E-state index contributed by atoms with van der Waals surface area (Å²) in [5.41, 5.74) is 0.595. The highest BCUT2D eigenvalue weighted by Crippen LogP contribution is 2.60. The summed E-state index contributed by atoms with van der Waals surface area (Å²) in [6, 6.07) is 7.05. The smallest absolute Gasteiger partial charge is 0.253 e. The lowest BCUT2D eigenvalue weighted by molar-refractivity contribution is -0.159. The van der Waals surface area contributed by atoms with Gasteiger partial charge >= 0.3 is 0 Å². The molecule has 0 unspecified atom stereocenters. The third kappa shape index (κ3) is 3.06. The van der Waals surface area contributed by atoms with Gasteiger partial charge < -0.3 is 9.80 Å². The second-order valence-electron chi connectivity index (χ2n) is 9.29. The number of carbonyl (C=O) groups excluding carboxylic acids is 2. The fourth-order valence-corrected chi connectivity index (χ4v) is 6.72. The molecule has 144 valence electrons. The van der Waals surface area contributed by atoms with Crippen LogP contribution in [0.15, 0.2) is 24.3 Å². The maximum Gasteiger partial charge on any atom is 0.253 e. The Morgan fingerprint density at radius 2 is 1.30 bits per heavy atom. The molecule has 5 aliphatic rings. The molecule has 0 spiro atoms. The van der Waals surface area contributed by atoms with Gasteiger partial charge in [-0.3, -0.25) is 9.59 Å². The maximum atomic E-state index is 13.4. The molecule has 5 fully saturated rings. The maximum absolute atomic E-state index is 13.4. The molecule has 0 radical (unpaired) electrons. The molecule has 1 heterocycles. The molecule has 4 bridgehead atoms. The Hall–Kier alpha value is -1.55. The summed E-state index contributed by atoms with van der Waals surface area (Å²) in [6.45, 7) is 2.58. The van der Waals surface area contributed by atoms with Gasteiger partial charge in [0, 0.05) is 36.8 Å². The molecule has 0 N–H and O–H groups in total. The van der Waals surface area contributed by atoms with Gasteiger partial charge in [-0.25, -0.2) is 0 Å². The fraction of sp³-hybridized carbons (Fsp3) is 0.636. The standard InChI is InChI=1S/C22H27ClN2O2/c23-19-3-1-18(2-4-19)20(26)24-5-7-25(8-6-24)21(27)22-12-15-9-16(13-22)11-17(10-15)14-22/h1-4,15-17H,5-14H2.